The van der Waals surface area contributed by atoms with Crippen LogP contribution < -0.4 is 5.32 Å². The summed E-state index contributed by atoms with van der Waals surface area (Å²) >= 11 is 0. The Hall–Kier alpha value is -1.39. The van der Waals surface area contributed by atoms with Crippen LogP contribution in [0.25, 0.3) is 11.0 Å². The second-order valence-corrected chi connectivity index (χ2v) is 9.51. The molecular weight excluding hydrogens is 356 g/mol. The molecule has 160 valence electrons. The highest BCUT2D eigenvalue weighted by molar-refractivity contribution is 5.76. The van der Waals surface area contributed by atoms with E-state index in [1.165, 1.54) is 63.1 Å². The fraction of sp³-hybridized carbons (Fsp3) is 0.720. The molecule has 29 heavy (non-hydrogen) atoms. The van der Waals surface area contributed by atoms with Crippen LogP contribution in [0.3, 0.4) is 0 Å². The molecule has 1 N–H and O–H groups in total. The van der Waals surface area contributed by atoms with Gasteiger partial charge in [-0.1, -0.05) is 39.3 Å². The lowest BCUT2D eigenvalue weighted by molar-refractivity contribution is 0.151. The number of fused-ring (bicyclic) bond motifs is 1. The van der Waals surface area contributed by atoms with E-state index in [4.69, 9.17) is 4.98 Å². The predicted octanol–water partition coefficient (Wildman–Crippen LogP) is 4.90. The Bertz CT molecular complexity index is 774. The van der Waals surface area contributed by atoms with Gasteiger partial charge in [0.1, 0.15) is 5.82 Å². The van der Waals surface area contributed by atoms with E-state index in [2.05, 4.69) is 59.8 Å². The number of hydrogen-bond acceptors (Lipinski definition) is 3. The minimum Gasteiger partial charge on any atom is -0.325 e. The molecule has 3 atom stereocenters. The van der Waals surface area contributed by atoms with Gasteiger partial charge in [0.25, 0.3) is 0 Å². The van der Waals surface area contributed by atoms with E-state index in [9.17, 15) is 0 Å². The highest BCUT2D eigenvalue weighted by Gasteiger charge is 2.33. The van der Waals surface area contributed by atoms with E-state index in [1.54, 1.807) is 0 Å². The fourth-order valence-electron chi connectivity index (χ4n) is 5.81. The third kappa shape index (κ3) is 4.69. The van der Waals surface area contributed by atoms with Gasteiger partial charge < -0.3 is 14.8 Å². The summed E-state index contributed by atoms with van der Waals surface area (Å²) < 4.78 is 2.58. The van der Waals surface area contributed by atoms with Crippen molar-refractivity contribution in [1.82, 2.24) is 19.8 Å². The summed E-state index contributed by atoms with van der Waals surface area (Å²) in [6.07, 6.45) is 7.80. The average Bonchev–Trinajstić information content (AvgIpc) is 3.29. The van der Waals surface area contributed by atoms with Crippen molar-refractivity contribution in [1.29, 1.82) is 0 Å². The highest BCUT2D eigenvalue weighted by Crippen LogP contribution is 2.39. The lowest BCUT2D eigenvalue weighted by Crippen LogP contribution is -2.38. The van der Waals surface area contributed by atoms with Crippen LogP contribution in [0, 0.1) is 17.8 Å². The first kappa shape index (κ1) is 20.9. The van der Waals surface area contributed by atoms with Crippen LogP contribution in [-0.4, -0.2) is 47.2 Å². The molecule has 1 aliphatic carbocycles. The number of aromatic nitrogens is 2. The van der Waals surface area contributed by atoms with Crippen molar-refractivity contribution in [3.8, 4) is 0 Å². The van der Waals surface area contributed by atoms with Crippen LogP contribution in [0.4, 0.5) is 0 Å². The van der Waals surface area contributed by atoms with Gasteiger partial charge in [0.15, 0.2) is 0 Å². The quantitative estimate of drug-likeness (QED) is 0.645. The average molecular weight is 397 g/mol. The minimum absolute atomic E-state index is 0.597. The second-order valence-electron chi connectivity index (χ2n) is 9.51. The first-order chi connectivity index (χ1) is 14.2. The molecule has 1 saturated carbocycles. The Balaban J connectivity index is 1.41. The summed E-state index contributed by atoms with van der Waals surface area (Å²) in [6.45, 7) is 12.9. The monoisotopic (exact) mass is 396 g/mol. The van der Waals surface area contributed by atoms with Crippen molar-refractivity contribution >= 4 is 11.0 Å². The molecule has 3 unspecified atom stereocenters. The number of nitrogens with zero attached hydrogens (tertiary/aromatic N) is 3. The Morgan fingerprint density at radius 1 is 1.10 bits per heavy atom. The summed E-state index contributed by atoms with van der Waals surface area (Å²) in [5.41, 5.74) is 2.49. The molecule has 1 aromatic heterocycles. The molecule has 4 rings (SSSR count). The van der Waals surface area contributed by atoms with Crippen molar-refractivity contribution in [3.63, 3.8) is 0 Å². The van der Waals surface area contributed by atoms with Gasteiger partial charge in [-0.05, 0) is 62.1 Å². The molecule has 0 radical (unpaired) electrons. The zero-order valence-electron chi connectivity index (χ0n) is 18.7. The fourth-order valence-corrected chi connectivity index (χ4v) is 5.81. The van der Waals surface area contributed by atoms with Gasteiger partial charge in [-0.25, -0.2) is 4.98 Å². The summed E-state index contributed by atoms with van der Waals surface area (Å²) in [4.78, 5) is 7.76. The van der Waals surface area contributed by atoms with Crippen molar-refractivity contribution in [2.24, 2.45) is 17.8 Å². The number of rotatable bonds is 8. The van der Waals surface area contributed by atoms with Gasteiger partial charge >= 0.3 is 0 Å². The maximum absolute atomic E-state index is 5.00. The number of hydrogen-bond donors (Lipinski definition) is 1. The molecule has 4 nitrogen and oxygen atoms in total. The third-order valence-corrected chi connectivity index (χ3v) is 7.58. The Labute approximate surface area is 177 Å². The van der Waals surface area contributed by atoms with Crippen LogP contribution in [0.2, 0.25) is 0 Å². The van der Waals surface area contributed by atoms with Crippen molar-refractivity contribution in [3.05, 3.63) is 30.1 Å². The molecule has 1 aromatic carbocycles. The van der Waals surface area contributed by atoms with E-state index < -0.39 is 0 Å². The van der Waals surface area contributed by atoms with Gasteiger partial charge in [-0.3, -0.25) is 0 Å². The van der Waals surface area contributed by atoms with Gasteiger partial charge in [0, 0.05) is 38.6 Å². The number of para-hydroxylation sites is 2. The predicted molar refractivity (Wildman–Crippen MR) is 122 cm³/mol. The SMILES string of the molecule is CCNCCc1nc2ccccc2n1C1CCN(CC2CC(CC)CC2C)CC1. The number of piperidine rings is 1. The molecule has 2 fully saturated rings. The number of nitrogens with one attached hydrogen (secondary N) is 1. The lowest BCUT2D eigenvalue weighted by Gasteiger charge is -2.35. The van der Waals surface area contributed by atoms with Crippen molar-refractivity contribution in [2.75, 3.05) is 32.7 Å². The lowest BCUT2D eigenvalue weighted by atomic mass is 9.95. The summed E-state index contributed by atoms with van der Waals surface area (Å²) in [6, 6.07) is 9.30. The first-order valence-corrected chi connectivity index (χ1v) is 12.1. The van der Waals surface area contributed by atoms with Crippen LogP contribution in [-0.2, 0) is 6.42 Å². The molecule has 4 heteroatoms. The summed E-state index contributed by atoms with van der Waals surface area (Å²) in [5, 5.41) is 3.47. The van der Waals surface area contributed by atoms with Crippen LogP contribution >= 0.6 is 0 Å². The van der Waals surface area contributed by atoms with Crippen LogP contribution in [0.15, 0.2) is 24.3 Å². The molecule has 0 amide bonds. The molecule has 1 saturated heterocycles. The number of likely N-dealkylation sites (N-methyl/N-ethyl adjacent to an activating group) is 1. The maximum Gasteiger partial charge on any atom is 0.111 e. The van der Waals surface area contributed by atoms with Crippen LogP contribution in [0.5, 0.6) is 0 Å². The van der Waals surface area contributed by atoms with Gasteiger partial charge in [0.2, 0.25) is 0 Å². The normalized spacial score (nSPS) is 26.5. The zero-order valence-corrected chi connectivity index (χ0v) is 18.7. The number of imidazole rings is 1. The Morgan fingerprint density at radius 3 is 2.62 bits per heavy atom. The molecule has 0 spiro atoms. The largest absolute Gasteiger partial charge is 0.325 e. The van der Waals surface area contributed by atoms with Crippen LogP contribution in [0.1, 0.15) is 64.7 Å². The molecule has 2 heterocycles. The van der Waals surface area contributed by atoms with E-state index in [-0.39, 0.29) is 0 Å². The van der Waals surface area contributed by atoms with Gasteiger partial charge in [-0.15, -0.1) is 0 Å². The minimum atomic E-state index is 0.597. The molecule has 0 bridgehead atoms. The Kier molecular flexibility index (Phi) is 6.92. The molecular formula is C25H40N4. The summed E-state index contributed by atoms with van der Waals surface area (Å²) in [7, 11) is 0. The first-order valence-electron chi connectivity index (χ1n) is 12.1. The topological polar surface area (TPSA) is 33.1 Å². The van der Waals surface area contributed by atoms with E-state index in [0.717, 1.165) is 42.8 Å². The van der Waals surface area contributed by atoms with E-state index in [0.29, 0.717) is 6.04 Å². The Morgan fingerprint density at radius 2 is 1.90 bits per heavy atom. The standard InChI is InChI=1S/C25H40N4/c1-4-20-16-19(3)21(17-20)18-28-14-11-22(12-15-28)29-24-9-7-6-8-23(24)27-25(29)10-13-26-5-2/h6-9,19-22,26H,4-5,10-18H2,1-3H3. The zero-order chi connectivity index (χ0) is 20.2. The highest BCUT2D eigenvalue weighted by atomic mass is 15.2. The molecule has 2 aliphatic rings. The third-order valence-electron chi connectivity index (χ3n) is 7.58. The number of likely N-dealkylation sites (tertiary alicyclic amines) is 1. The molecule has 2 aromatic rings. The maximum atomic E-state index is 5.00. The van der Waals surface area contributed by atoms with Gasteiger partial charge in [0.05, 0.1) is 11.0 Å². The van der Waals surface area contributed by atoms with Crippen molar-refractivity contribution in [2.45, 2.75) is 65.3 Å². The summed E-state index contributed by atoms with van der Waals surface area (Å²) in [5.74, 6) is 4.07. The number of benzene rings is 1. The smallest absolute Gasteiger partial charge is 0.111 e. The van der Waals surface area contributed by atoms with E-state index >= 15 is 0 Å². The second kappa shape index (κ2) is 9.61. The van der Waals surface area contributed by atoms with Gasteiger partial charge in [-0.2, -0.15) is 0 Å². The van der Waals surface area contributed by atoms with Crippen molar-refractivity contribution < 1.29 is 0 Å². The van der Waals surface area contributed by atoms with E-state index in [1.807, 2.05) is 0 Å². The molecule has 1 aliphatic heterocycles.